The third kappa shape index (κ3) is 2.73. The average molecular weight is 284 g/mol. The van der Waals surface area contributed by atoms with E-state index >= 15 is 0 Å². The number of methoxy groups -OCH3 is 1. The summed E-state index contributed by atoms with van der Waals surface area (Å²) >= 11 is 0. The first kappa shape index (κ1) is 13.1. The van der Waals surface area contributed by atoms with Crippen LogP contribution in [0.4, 0.5) is 11.6 Å². The number of aromatic nitrogens is 4. The van der Waals surface area contributed by atoms with Gasteiger partial charge in [-0.3, -0.25) is 0 Å². The molecule has 0 bridgehead atoms. The molecular weight excluding hydrogens is 272 g/mol. The third-order valence-electron chi connectivity index (χ3n) is 2.25. The third-order valence-corrected chi connectivity index (χ3v) is 3.58. The maximum Gasteiger partial charge on any atom is 0.277 e. The Balaban J connectivity index is 2.34. The van der Waals surface area contributed by atoms with Crippen LogP contribution in [0.25, 0.3) is 0 Å². The molecule has 2 aromatic rings. The van der Waals surface area contributed by atoms with Crippen LogP contribution < -0.4 is 15.2 Å². The second-order valence-electron chi connectivity index (χ2n) is 3.61. The largest absolute Gasteiger partial charge is 0.495 e. The minimum absolute atomic E-state index is 0.00833. The van der Waals surface area contributed by atoms with E-state index in [0.717, 1.165) is 4.80 Å². The zero-order chi connectivity index (χ0) is 14.0. The summed E-state index contributed by atoms with van der Waals surface area (Å²) in [6.07, 6.45) is 0. The van der Waals surface area contributed by atoms with E-state index in [2.05, 4.69) is 20.1 Å². The van der Waals surface area contributed by atoms with Gasteiger partial charge >= 0.3 is 0 Å². The zero-order valence-corrected chi connectivity index (χ0v) is 11.0. The van der Waals surface area contributed by atoms with E-state index in [1.807, 2.05) is 0 Å². The number of sulfonamides is 1. The fourth-order valence-electron chi connectivity index (χ4n) is 1.36. The van der Waals surface area contributed by atoms with Crippen LogP contribution in [-0.4, -0.2) is 35.7 Å². The average Bonchev–Trinajstić information content (AvgIpc) is 2.74. The molecule has 0 amide bonds. The van der Waals surface area contributed by atoms with Gasteiger partial charge in [0.1, 0.15) is 5.75 Å². The summed E-state index contributed by atoms with van der Waals surface area (Å²) in [6.45, 7) is 0. The van der Waals surface area contributed by atoms with E-state index in [1.54, 1.807) is 0 Å². The van der Waals surface area contributed by atoms with Crippen molar-refractivity contribution >= 4 is 21.7 Å². The number of benzene rings is 1. The molecule has 1 aromatic carbocycles. The highest BCUT2D eigenvalue weighted by molar-refractivity contribution is 7.92. The van der Waals surface area contributed by atoms with Crippen molar-refractivity contribution in [1.29, 1.82) is 0 Å². The number of hydrogen-bond donors (Lipinski definition) is 2. The van der Waals surface area contributed by atoms with Crippen molar-refractivity contribution in [3.8, 4) is 5.75 Å². The van der Waals surface area contributed by atoms with Crippen LogP contribution in [0.15, 0.2) is 23.1 Å². The fraction of sp³-hybridized carbons (Fsp3) is 0.222. The second-order valence-corrected chi connectivity index (χ2v) is 5.29. The molecule has 2 rings (SSSR count). The van der Waals surface area contributed by atoms with Gasteiger partial charge in [0.2, 0.25) is 0 Å². The Morgan fingerprint density at radius 1 is 1.42 bits per heavy atom. The Kier molecular flexibility index (Phi) is 3.25. The molecule has 3 N–H and O–H groups in total. The molecular formula is C9H12N6O3S. The van der Waals surface area contributed by atoms with E-state index in [0.29, 0.717) is 5.69 Å². The molecule has 0 fully saturated rings. The molecule has 0 saturated carbocycles. The molecule has 0 spiro atoms. The van der Waals surface area contributed by atoms with Crippen molar-refractivity contribution in [3.63, 3.8) is 0 Å². The summed E-state index contributed by atoms with van der Waals surface area (Å²) in [7, 11) is -0.886. The van der Waals surface area contributed by atoms with Gasteiger partial charge in [-0.05, 0) is 17.3 Å². The quantitative estimate of drug-likeness (QED) is 0.732. The summed E-state index contributed by atoms with van der Waals surface area (Å²) in [5, 5.41) is 10.8. The maximum absolute atomic E-state index is 12.1. The Morgan fingerprint density at radius 2 is 2.16 bits per heavy atom. The number of hydrogen-bond acceptors (Lipinski definition) is 7. The van der Waals surface area contributed by atoms with Crippen LogP contribution in [0.5, 0.6) is 5.75 Å². The summed E-state index contributed by atoms with van der Waals surface area (Å²) in [6, 6.07) is 4.11. The highest BCUT2D eigenvalue weighted by Gasteiger charge is 2.18. The second kappa shape index (κ2) is 4.72. The van der Waals surface area contributed by atoms with Crippen molar-refractivity contribution in [2.45, 2.75) is 4.90 Å². The lowest BCUT2D eigenvalue weighted by Crippen LogP contribution is -2.14. The number of aryl methyl sites for hydroxylation is 1. The predicted octanol–water partition coefficient (Wildman–Crippen LogP) is -0.398. The Hall–Kier alpha value is -2.36. The predicted molar refractivity (Wildman–Crippen MR) is 67.0 cm³/mol. The number of nitrogens with two attached hydrogens (primary N) is 1. The monoisotopic (exact) mass is 284 g/mol. The van der Waals surface area contributed by atoms with Crippen molar-refractivity contribution in [2.75, 3.05) is 17.6 Å². The SMILES string of the molecule is COc1cc(S(=O)(=O)Nc2nnn(C)n2)ccc1N. The summed E-state index contributed by atoms with van der Waals surface area (Å²) in [5.74, 6) is 0.160. The smallest absolute Gasteiger partial charge is 0.277 e. The molecule has 1 aromatic heterocycles. The summed E-state index contributed by atoms with van der Waals surface area (Å²) < 4.78 is 31.3. The summed E-state index contributed by atoms with van der Waals surface area (Å²) in [4.78, 5) is 1.13. The number of nitrogens with zero attached hydrogens (tertiary/aromatic N) is 4. The first-order valence-electron chi connectivity index (χ1n) is 5.13. The van der Waals surface area contributed by atoms with Crippen LogP contribution in [0.1, 0.15) is 0 Å². The molecule has 10 heteroatoms. The molecule has 19 heavy (non-hydrogen) atoms. The number of nitrogen functional groups attached to an aromatic ring is 1. The van der Waals surface area contributed by atoms with E-state index in [1.165, 1.54) is 32.4 Å². The maximum atomic E-state index is 12.1. The summed E-state index contributed by atoms with van der Waals surface area (Å²) in [5.41, 5.74) is 5.97. The van der Waals surface area contributed by atoms with Crippen molar-refractivity contribution in [3.05, 3.63) is 18.2 Å². The number of rotatable bonds is 4. The fourth-order valence-corrected chi connectivity index (χ4v) is 2.31. The highest BCUT2D eigenvalue weighted by Crippen LogP contribution is 2.25. The first-order chi connectivity index (χ1) is 8.92. The molecule has 0 saturated heterocycles. The van der Waals surface area contributed by atoms with Crippen molar-refractivity contribution in [1.82, 2.24) is 20.2 Å². The number of ether oxygens (including phenoxy) is 1. The van der Waals surface area contributed by atoms with Gasteiger partial charge < -0.3 is 10.5 Å². The first-order valence-corrected chi connectivity index (χ1v) is 6.61. The number of anilines is 2. The van der Waals surface area contributed by atoms with Crippen LogP contribution in [0.3, 0.4) is 0 Å². The van der Waals surface area contributed by atoms with Crippen molar-refractivity contribution in [2.24, 2.45) is 7.05 Å². The Morgan fingerprint density at radius 3 is 2.74 bits per heavy atom. The van der Waals surface area contributed by atoms with Crippen LogP contribution in [-0.2, 0) is 17.1 Å². The van der Waals surface area contributed by atoms with Crippen LogP contribution in [0, 0.1) is 0 Å². The van der Waals surface area contributed by atoms with Gasteiger partial charge in [-0.1, -0.05) is 5.10 Å². The molecule has 0 radical (unpaired) electrons. The number of tetrazole rings is 1. The molecule has 0 aliphatic carbocycles. The molecule has 1 heterocycles. The van der Waals surface area contributed by atoms with E-state index in [4.69, 9.17) is 10.5 Å². The number of nitrogens with one attached hydrogen (secondary N) is 1. The minimum Gasteiger partial charge on any atom is -0.495 e. The Bertz CT molecular complexity index is 696. The molecule has 0 aliphatic heterocycles. The Labute approximate surface area is 109 Å². The van der Waals surface area contributed by atoms with Crippen LogP contribution >= 0.6 is 0 Å². The van der Waals surface area contributed by atoms with E-state index in [-0.39, 0.29) is 16.6 Å². The normalized spacial score (nSPS) is 11.3. The van der Waals surface area contributed by atoms with Crippen molar-refractivity contribution < 1.29 is 13.2 Å². The van der Waals surface area contributed by atoms with Gasteiger partial charge in [0, 0.05) is 6.07 Å². The van der Waals surface area contributed by atoms with Gasteiger partial charge in [0.25, 0.3) is 16.0 Å². The lowest BCUT2D eigenvalue weighted by atomic mass is 10.3. The molecule has 0 atom stereocenters. The zero-order valence-electron chi connectivity index (χ0n) is 10.2. The van der Waals surface area contributed by atoms with Gasteiger partial charge in [0.05, 0.1) is 24.7 Å². The minimum atomic E-state index is -3.81. The van der Waals surface area contributed by atoms with Crippen LogP contribution in [0.2, 0.25) is 0 Å². The molecule has 102 valence electrons. The van der Waals surface area contributed by atoms with Gasteiger partial charge in [-0.15, -0.1) is 5.10 Å². The van der Waals surface area contributed by atoms with E-state index < -0.39 is 10.0 Å². The molecule has 0 aliphatic rings. The van der Waals surface area contributed by atoms with Gasteiger partial charge in [-0.2, -0.15) is 4.80 Å². The molecule has 9 nitrogen and oxygen atoms in total. The van der Waals surface area contributed by atoms with E-state index in [9.17, 15) is 8.42 Å². The van der Waals surface area contributed by atoms with Gasteiger partial charge in [-0.25, -0.2) is 13.1 Å². The standard InChI is InChI=1S/C9H12N6O3S/c1-15-12-9(11-14-15)13-19(16,17)6-3-4-7(10)8(5-6)18-2/h3-5H,10H2,1-2H3,(H,12,13). The topological polar surface area (TPSA) is 125 Å². The molecule has 0 unspecified atom stereocenters. The lowest BCUT2D eigenvalue weighted by Gasteiger charge is -2.08. The lowest BCUT2D eigenvalue weighted by molar-refractivity contribution is 0.415. The highest BCUT2D eigenvalue weighted by atomic mass is 32.2. The van der Waals surface area contributed by atoms with Gasteiger partial charge in [0.15, 0.2) is 0 Å².